The molecule has 2 aliphatic rings. The van der Waals surface area contributed by atoms with Crippen molar-refractivity contribution in [1.29, 1.82) is 5.26 Å². The first-order valence-electron chi connectivity index (χ1n) is 16.5. The molecule has 9 nitrogen and oxygen atoms in total. The third-order valence-corrected chi connectivity index (χ3v) is 9.30. The van der Waals surface area contributed by atoms with Gasteiger partial charge in [0.2, 0.25) is 0 Å². The number of nitrogens with zero attached hydrogens (tertiary/aromatic N) is 5. The van der Waals surface area contributed by atoms with E-state index in [1.165, 1.54) is 6.07 Å². The van der Waals surface area contributed by atoms with Crippen LogP contribution >= 0.6 is 12.2 Å². The Bertz CT molecular complexity index is 1640. The Morgan fingerprint density at radius 1 is 1.10 bits per heavy atom. The summed E-state index contributed by atoms with van der Waals surface area (Å²) in [6.07, 6.45) is -4.15. The highest BCUT2D eigenvalue weighted by Gasteiger charge is 2.51. The molecule has 1 amide bonds. The number of thiocarbonyl (C=S) groups is 1. The van der Waals surface area contributed by atoms with Gasteiger partial charge in [-0.25, -0.2) is 0 Å². The Balaban J connectivity index is 1.49. The molecule has 2 saturated heterocycles. The average molecular weight is 702 g/mol. The van der Waals surface area contributed by atoms with E-state index in [9.17, 15) is 28.0 Å². The Hall–Kier alpha value is -3.73. The van der Waals surface area contributed by atoms with E-state index in [0.717, 1.165) is 41.2 Å². The van der Waals surface area contributed by atoms with Gasteiger partial charge in [-0.3, -0.25) is 24.3 Å². The first kappa shape index (κ1) is 38.1. The standard InChI is InChI=1S/C36H46F3N5O4S/c1-10-25-16-29(44-33(49)43(32(46)35(44,8)9)27-12-11-26(18-40)28(17-27)36(37,38)39)22(2)15-30(25)47-14-13-41-19-23(3)42(24(4)20-41)21-31(45)48-34(5,6)7/h11-12,15-17,23-24H,10,13-14,19-21H2,1-9H3/t23-,24+. The fraction of sp³-hybridized carbons (Fsp3) is 0.556. The van der Waals surface area contributed by atoms with Gasteiger partial charge < -0.3 is 14.4 Å². The number of aryl methyl sites for hydroxylation is 2. The molecule has 266 valence electrons. The monoisotopic (exact) mass is 701 g/mol. The number of alkyl halides is 3. The molecule has 0 aliphatic carbocycles. The molecular formula is C36H46F3N5O4S. The lowest BCUT2D eigenvalue weighted by molar-refractivity contribution is -0.158. The normalized spacial score (nSPS) is 20.5. The number of benzene rings is 2. The van der Waals surface area contributed by atoms with E-state index in [-0.39, 0.29) is 35.4 Å². The van der Waals surface area contributed by atoms with Crippen LogP contribution < -0.4 is 14.5 Å². The Morgan fingerprint density at radius 2 is 1.73 bits per heavy atom. The number of carbonyl (C=O) groups excluding carboxylic acids is 2. The van der Waals surface area contributed by atoms with E-state index >= 15 is 0 Å². The summed E-state index contributed by atoms with van der Waals surface area (Å²) < 4.78 is 53.1. The van der Waals surface area contributed by atoms with Crippen molar-refractivity contribution in [3.05, 3.63) is 52.6 Å². The van der Waals surface area contributed by atoms with Crippen LogP contribution in [-0.4, -0.2) is 82.8 Å². The summed E-state index contributed by atoms with van der Waals surface area (Å²) in [5.74, 6) is -0.00178. The third kappa shape index (κ3) is 8.19. The quantitative estimate of drug-likeness (QED) is 0.215. The number of piperazine rings is 1. The van der Waals surface area contributed by atoms with E-state index in [4.69, 9.17) is 21.7 Å². The predicted octanol–water partition coefficient (Wildman–Crippen LogP) is 6.48. The van der Waals surface area contributed by atoms with E-state index in [2.05, 4.69) is 23.6 Å². The molecule has 4 rings (SSSR count). The molecule has 2 aromatic rings. The molecule has 0 N–H and O–H groups in total. The Kier molecular flexibility index (Phi) is 11.1. The minimum absolute atomic E-state index is 0.0423. The molecule has 0 radical (unpaired) electrons. The van der Waals surface area contributed by atoms with Gasteiger partial charge in [-0.05, 0) is 115 Å². The van der Waals surface area contributed by atoms with Crippen molar-refractivity contribution in [2.75, 3.05) is 42.6 Å². The van der Waals surface area contributed by atoms with Gasteiger partial charge in [-0.15, -0.1) is 0 Å². The van der Waals surface area contributed by atoms with Gasteiger partial charge in [0.1, 0.15) is 23.5 Å². The van der Waals surface area contributed by atoms with Crippen LogP contribution in [0.15, 0.2) is 30.3 Å². The number of hydrogen-bond donors (Lipinski definition) is 0. The predicted molar refractivity (Wildman–Crippen MR) is 187 cm³/mol. The van der Waals surface area contributed by atoms with Gasteiger partial charge in [0.15, 0.2) is 5.11 Å². The van der Waals surface area contributed by atoms with Gasteiger partial charge in [-0.2, -0.15) is 18.4 Å². The summed E-state index contributed by atoms with van der Waals surface area (Å²) in [5, 5.41) is 9.27. The molecule has 0 unspecified atom stereocenters. The van der Waals surface area contributed by atoms with Crippen molar-refractivity contribution in [2.45, 2.75) is 98.1 Å². The molecule has 0 spiro atoms. The smallest absolute Gasteiger partial charge is 0.417 e. The van der Waals surface area contributed by atoms with Crippen LogP contribution in [0.1, 0.15) is 77.6 Å². The van der Waals surface area contributed by atoms with Gasteiger partial charge >= 0.3 is 12.1 Å². The maximum absolute atomic E-state index is 13.8. The zero-order valence-electron chi connectivity index (χ0n) is 29.7. The molecule has 0 bridgehead atoms. The first-order valence-corrected chi connectivity index (χ1v) is 16.9. The number of rotatable bonds is 9. The maximum atomic E-state index is 13.8. The van der Waals surface area contributed by atoms with Crippen molar-refractivity contribution in [2.24, 2.45) is 0 Å². The van der Waals surface area contributed by atoms with Crippen LogP contribution in [0, 0.1) is 18.3 Å². The highest BCUT2D eigenvalue weighted by molar-refractivity contribution is 7.81. The lowest BCUT2D eigenvalue weighted by atomic mass is 9.99. The van der Waals surface area contributed by atoms with Gasteiger partial charge in [0.25, 0.3) is 5.91 Å². The molecule has 13 heteroatoms. The van der Waals surface area contributed by atoms with Gasteiger partial charge in [-0.1, -0.05) is 6.92 Å². The summed E-state index contributed by atoms with van der Waals surface area (Å²) in [5.41, 5.74) is -1.12. The molecule has 2 aromatic carbocycles. The van der Waals surface area contributed by atoms with E-state index < -0.39 is 34.4 Å². The van der Waals surface area contributed by atoms with E-state index in [1.807, 2.05) is 46.8 Å². The SMILES string of the molecule is CCc1cc(N2C(=S)N(c3ccc(C#N)c(C(F)(F)F)c3)C(=O)C2(C)C)c(C)cc1OCCN1C[C@@H](C)N(CC(=O)OC(C)(C)C)[C@@H](C)C1. The first-order chi connectivity index (χ1) is 22.7. The largest absolute Gasteiger partial charge is 0.492 e. The molecule has 2 aliphatic heterocycles. The highest BCUT2D eigenvalue weighted by atomic mass is 32.1. The Morgan fingerprint density at radius 3 is 2.29 bits per heavy atom. The number of esters is 1. The van der Waals surface area contributed by atoms with Crippen LogP contribution in [0.5, 0.6) is 5.75 Å². The molecule has 0 aromatic heterocycles. The minimum Gasteiger partial charge on any atom is -0.492 e. The second kappa shape index (κ2) is 14.2. The highest BCUT2D eigenvalue weighted by Crippen LogP contribution is 2.42. The number of anilines is 2. The minimum atomic E-state index is -4.78. The molecule has 2 atom stereocenters. The lowest BCUT2D eigenvalue weighted by Crippen LogP contribution is -2.58. The Labute approximate surface area is 292 Å². The maximum Gasteiger partial charge on any atom is 0.417 e. The van der Waals surface area contributed by atoms with Gasteiger partial charge in [0.05, 0.1) is 29.4 Å². The topological polar surface area (TPSA) is 89.4 Å². The van der Waals surface area contributed by atoms with Crippen LogP contribution in [0.4, 0.5) is 24.5 Å². The lowest BCUT2D eigenvalue weighted by Gasteiger charge is -2.44. The van der Waals surface area contributed by atoms with Crippen molar-refractivity contribution in [3.63, 3.8) is 0 Å². The summed E-state index contributed by atoms with van der Waals surface area (Å²) in [7, 11) is 0. The fourth-order valence-corrected chi connectivity index (χ4v) is 7.08. The van der Waals surface area contributed by atoms with Crippen LogP contribution in [-0.2, 0) is 26.9 Å². The third-order valence-electron chi connectivity index (χ3n) is 8.93. The molecule has 2 fully saturated rings. The number of hydrogen-bond acceptors (Lipinski definition) is 8. The van der Waals surface area contributed by atoms with E-state index in [0.29, 0.717) is 31.0 Å². The zero-order chi connectivity index (χ0) is 36.6. The second-order valence-corrected chi connectivity index (χ2v) is 14.7. The number of halogens is 3. The number of amides is 1. The van der Waals surface area contributed by atoms with Crippen molar-refractivity contribution < 1.29 is 32.2 Å². The fourth-order valence-electron chi connectivity index (χ4n) is 6.56. The summed E-state index contributed by atoms with van der Waals surface area (Å²) in [6, 6.07) is 8.88. The number of nitriles is 1. The van der Waals surface area contributed by atoms with Crippen LogP contribution in [0.3, 0.4) is 0 Å². The molecule has 2 heterocycles. The molecule has 0 saturated carbocycles. The average Bonchev–Trinajstić information content (AvgIpc) is 3.16. The summed E-state index contributed by atoms with van der Waals surface area (Å²) in [6.45, 7) is 20.0. The van der Waals surface area contributed by atoms with Crippen molar-refractivity contribution in [1.82, 2.24) is 9.80 Å². The zero-order valence-corrected chi connectivity index (χ0v) is 30.5. The van der Waals surface area contributed by atoms with Crippen LogP contribution in [0.25, 0.3) is 0 Å². The summed E-state index contributed by atoms with van der Waals surface area (Å²) >= 11 is 5.76. The van der Waals surface area contributed by atoms with E-state index in [1.54, 1.807) is 24.8 Å². The summed E-state index contributed by atoms with van der Waals surface area (Å²) in [4.78, 5) is 33.5. The van der Waals surface area contributed by atoms with Crippen molar-refractivity contribution >= 4 is 40.6 Å². The second-order valence-electron chi connectivity index (χ2n) is 14.3. The molecular weight excluding hydrogens is 655 g/mol. The number of carbonyl (C=O) groups is 2. The van der Waals surface area contributed by atoms with Gasteiger partial charge in [0, 0.05) is 37.4 Å². The van der Waals surface area contributed by atoms with Crippen LogP contribution in [0.2, 0.25) is 0 Å². The number of ether oxygens (including phenoxy) is 2. The molecule has 49 heavy (non-hydrogen) atoms. The van der Waals surface area contributed by atoms with Crippen molar-refractivity contribution in [3.8, 4) is 11.8 Å².